The molecular weight excluding hydrogens is 723 g/mol. The van der Waals surface area contributed by atoms with Crippen LogP contribution in [0.25, 0.3) is 112 Å². The lowest BCUT2D eigenvalue weighted by Gasteiger charge is -2.12. The van der Waals surface area contributed by atoms with Crippen molar-refractivity contribution < 1.29 is 4.42 Å². The first kappa shape index (κ1) is 34.2. The maximum absolute atomic E-state index is 6.43. The summed E-state index contributed by atoms with van der Waals surface area (Å²) in [7, 11) is 0. The Hall–Kier alpha value is -8.09. The summed E-state index contributed by atoms with van der Waals surface area (Å²) in [5.41, 5.74) is 11.2. The number of hydrogen-bond acceptors (Lipinski definition) is 6. The third-order valence-corrected chi connectivity index (χ3v) is 10.7. The minimum absolute atomic E-state index is 0.610. The first-order valence-corrected chi connectivity index (χ1v) is 19.6. The van der Waals surface area contributed by atoms with Crippen molar-refractivity contribution in [1.29, 1.82) is 0 Å². The molecule has 0 radical (unpaired) electrons. The summed E-state index contributed by atoms with van der Waals surface area (Å²) in [6.45, 7) is 0. The number of fused-ring (bicyclic) bond motifs is 5. The fraction of sp³-hybridized carbons (Fsp3) is 0. The van der Waals surface area contributed by atoms with Crippen LogP contribution in [-0.4, -0.2) is 24.9 Å². The van der Waals surface area contributed by atoms with E-state index in [0.29, 0.717) is 23.3 Å². The van der Waals surface area contributed by atoms with Gasteiger partial charge < -0.3 is 4.42 Å². The van der Waals surface area contributed by atoms with E-state index >= 15 is 0 Å². The summed E-state index contributed by atoms with van der Waals surface area (Å²) in [5.74, 6) is 2.51. The van der Waals surface area contributed by atoms with Gasteiger partial charge in [0.05, 0.1) is 11.4 Å². The van der Waals surface area contributed by atoms with Gasteiger partial charge in [-0.15, -0.1) is 0 Å². The highest BCUT2D eigenvalue weighted by Crippen LogP contribution is 2.37. The largest absolute Gasteiger partial charge is 0.455 e. The van der Waals surface area contributed by atoms with Gasteiger partial charge in [-0.05, 0) is 59.0 Å². The van der Waals surface area contributed by atoms with Crippen molar-refractivity contribution in [2.24, 2.45) is 0 Å². The molecule has 8 aromatic carbocycles. The lowest BCUT2D eigenvalue weighted by atomic mass is 9.99. The van der Waals surface area contributed by atoms with Crippen LogP contribution in [0.4, 0.5) is 0 Å². The predicted octanol–water partition coefficient (Wildman–Crippen LogP) is 13.4. The van der Waals surface area contributed by atoms with E-state index in [2.05, 4.69) is 115 Å². The number of furan rings is 1. The molecule has 6 nitrogen and oxygen atoms in total. The molecular formula is C53H33N5O. The Morgan fingerprint density at radius 2 is 0.763 bits per heavy atom. The molecule has 0 bridgehead atoms. The molecule has 6 heteroatoms. The van der Waals surface area contributed by atoms with Crippen LogP contribution >= 0.6 is 0 Å². The molecule has 0 saturated heterocycles. The quantitative estimate of drug-likeness (QED) is 0.161. The SMILES string of the molecule is c1ccc(-c2cc(-c3cccc(-c4cccc(-c5nc(-c6ccccc6)nc(-c6ccccc6)n5)c4)c3)nc(-c3ccc4oc5c6ccccc6ccc5c4c3)n2)cc1. The van der Waals surface area contributed by atoms with Gasteiger partial charge in [0.2, 0.25) is 0 Å². The molecule has 0 spiro atoms. The van der Waals surface area contributed by atoms with E-state index in [9.17, 15) is 0 Å². The summed E-state index contributed by atoms with van der Waals surface area (Å²) in [6, 6.07) is 68.2. The Morgan fingerprint density at radius 1 is 0.271 bits per heavy atom. The van der Waals surface area contributed by atoms with Crippen LogP contribution in [0.3, 0.4) is 0 Å². The van der Waals surface area contributed by atoms with Crippen molar-refractivity contribution in [3.8, 4) is 79.2 Å². The fourth-order valence-electron chi connectivity index (χ4n) is 7.76. The standard InChI is InChI=1S/C53H33N5O/c1-4-15-35(16-5-1)46-33-47(55-52(54-46)42-27-29-48-45(32-42)44-28-26-34-14-10-11-25-43(34)49(44)59-48)40-23-12-21-38(30-40)39-22-13-24-41(31-39)53-57-50(36-17-6-2-7-18-36)56-51(58-53)37-19-8-3-9-20-37/h1-33H. The number of hydrogen-bond donors (Lipinski definition) is 0. The van der Waals surface area contributed by atoms with Gasteiger partial charge in [-0.3, -0.25) is 0 Å². The molecule has 0 N–H and O–H groups in total. The summed E-state index contributed by atoms with van der Waals surface area (Å²) < 4.78 is 6.43. The van der Waals surface area contributed by atoms with Crippen molar-refractivity contribution in [2.45, 2.75) is 0 Å². The maximum Gasteiger partial charge on any atom is 0.164 e. The second kappa shape index (κ2) is 14.4. The van der Waals surface area contributed by atoms with Crippen LogP contribution in [0, 0.1) is 0 Å². The molecule has 0 atom stereocenters. The van der Waals surface area contributed by atoms with Gasteiger partial charge in [0.1, 0.15) is 11.2 Å². The van der Waals surface area contributed by atoms with Gasteiger partial charge in [-0.2, -0.15) is 0 Å². The molecule has 11 rings (SSSR count). The molecule has 0 saturated carbocycles. The molecule has 59 heavy (non-hydrogen) atoms. The monoisotopic (exact) mass is 755 g/mol. The Balaban J connectivity index is 1.00. The van der Waals surface area contributed by atoms with E-state index in [1.54, 1.807) is 0 Å². The topological polar surface area (TPSA) is 77.6 Å². The van der Waals surface area contributed by atoms with E-state index < -0.39 is 0 Å². The number of aromatic nitrogens is 5. The van der Waals surface area contributed by atoms with Crippen molar-refractivity contribution in [3.05, 3.63) is 200 Å². The van der Waals surface area contributed by atoms with Crippen molar-refractivity contribution in [1.82, 2.24) is 24.9 Å². The van der Waals surface area contributed by atoms with Crippen LogP contribution in [0.2, 0.25) is 0 Å². The van der Waals surface area contributed by atoms with Crippen molar-refractivity contribution in [2.75, 3.05) is 0 Å². The minimum atomic E-state index is 0.610. The minimum Gasteiger partial charge on any atom is -0.455 e. The first-order valence-electron chi connectivity index (χ1n) is 19.6. The molecule has 3 aromatic heterocycles. The fourth-order valence-corrected chi connectivity index (χ4v) is 7.76. The summed E-state index contributed by atoms with van der Waals surface area (Å²) in [4.78, 5) is 25.2. The highest BCUT2D eigenvalue weighted by Gasteiger charge is 2.17. The second-order valence-electron chi connectivity index (χ2n) is 14.5. The van der Waals surface area contributed by atoms with Gasteiger partial charge in [-0.25, -0.2) is 24.9 Å². The number of rotatable bonds is 7. The average molecular weight is 756 g/mol. The van der Waals surface area contributed by atoms with Gasteiger partial charge in [0, 0.05) is 49.5 Å². The molecule has 0 amide bonds. The zero-order valence-corrected chi connectivity index (χ0v) is 31.7. The van der Waals surface area contributed by atoms with Gasteiger partial charge >= 0.3 is 0 Å². The highest BCUT2D eigenvalue weighted by molar-refractivity contribution is 6.15. The lowest BCUT2D eigenvalue weighted by molar-refractivity contribution is 0.672. The Kier molecular flexibility index (Phi) is 8.37. The van der Waals surface area contributed by atoms with Crippen LogP contribution in [0.15, 0.2) is 205 Å². The lowest BCUT2D eigenvalue weighted by Crippen LogP contribution is -2.00. The van der Waals surface area contributed by atoms with Crippen LogP contribution in [-0.2, 0) is 0 Å². The predicted molar refractivity (Wildman–Crippen MR) is 238 cm³/mol. The van der Waals surface area contributed by atoms with Gasteiger partial charge in [-0.1, -0.05) is 158 Å². The Labute approximate surface area is 340 Å². The van der Waals surface area contributed by atoms with E-state index in [0.717, 1.165) is 88.6 Å². The van der Waals surface area contributed by atoms with Crippen LogP contribution in [0.1, 0.15) is 0 Å². The second-order valence-corrected chi connectivity index (χ2v) is 14.5. The highest BCUT2D eigenvalue weighted by atomic mass is 16.3. The molecule has 276 valence electrons. The van der Waals surface area contributed by atoms with Gasteiger partial charge in [0.25, 0.3) is 0 Å². The van der Waals surface area contributed by atoms with Crippen LogP contribution < -0.4 is 0 Å². The zero-order chi connectivity index (χ0) is 39.1. The zero-order valence-electron chi connectivity index (χ0n) is 31.7. The molecule has 0 aliphatic rings. The normalized spacial score (nSPS) is 11.4. The third-order valence-electron chi connectivity index (χ3n) is 10.7. The summed E-state index contributed by atoms with van der Waals surface area (Å²) in [5, 5.41) is 4.35. The third kappa shape index (κ3) is 6.49. The first-order chi connectivity index (χ1) is 29.2. The number of nitrogens with zero attached hydrogens (tertiary/aromatic N) is 5. The molecule has 3 heterocycles. The Bertz CT molecular complexity index is 3270. The van der Waals surface area contributed by atoms with E-state index in [-0.39, 0.29) is 0 Å². The maximum atomic E-state index is 6.43. The molecule has 0 unspecified atom stereocenters. The molecule has 0 aliphatic heterocycles. The van der Waals surface area contributed by atoms with Crippen LogP contribution in [0.5, 0.6) is 0 Å². The van der Waals surface area contributed by atoms with Crippen molar-refractivity contribution >= 4 is 32.7 Å². The molecule has 0 fully saturated rings. The van der Waals surface area contributed by atoms with E-state index in [1.807, 2.05) is 84.9 Å². The van der Waals surface area contributed by atoms with Gasteiger partial charge in [0.15, 0.2) is 23.3 Å². The molecule has 0 aliphatic carbocycles. The van der Waals surface area contributed by atoms with Crippen molar-refractivity contribution in [3.63, 3.8) is 0 Å². The average Bonchev–Trinajstić information content (AvgIpc) is 3.71. The number of benzene rings is 8. The summed E-state index contributed by atoms with van der Waals surface area (Å²) in [6.07, 6.45) is 0. The smallest absolute Gasteiger partial charge is 0.164 e. The summed E-state index contributed by atoms with van der Waals surface area (Å²) >= 11 is 0. The van der Waals surface area contributed by atoms with E-state index in [4.69, 9.17) is 29.3 Å². The molecule has 11 aromatic rings. The van der Waals surface area contributed by atoms with E-state index in [1.165, 1.54) is 0 Å². The Morgan fingerprint density at radius 3 is 1.44 bits per heavy atom.